The second-order valence-corrected chi connectivity index (χ2v) is 7.04. The zero-order valence-corrected chi connectivity index (χ0v) is 14.5. The highest BCUT2D eigenvalue weighted by Crippen LogP contribution is 2.22. The Balaban J connectivity index is 1.92. The first-order chi connectivity index (χ1) is 10.4. The first-order valence-corrected chi connectivity index (χ1v) is 7.95. The number of morpholine rings is 1. The molecule has 0 aliphatic carbocycles. The Morgan fingerprint density at radius 2 is 2.27 bits per heavy atom. The Kier molecular flexibility index (Phi) is 5.45. The van der Waals surface area contributed by atoms with Crippen molar-refractivity contribution >= 4 is 5.96 Å². The topological polar surface area (TPSA) is 54.7 Å². The SMILES string of the molecule is CN=C(NCCC(C)(C)C)N1CCOC(c2cnn(C)c2)C1. The molecule has 1 fully saturated rings. The van der Waals surface area contributed by atoms with Gasteiger partial charge in [0.15, 0.2) is 5.96 Å². The molecule has 1 atom stereocenters. The van der Waals surface area contributed by atoms with Gasteiger partial charge in [-0.15, -0.1) is 0 Å². The maximum atomic E-state index is 5.88. The third-order valence-corrected chi connectivity index (χ3v) is 3.83. The minimum absolute atomic E-state index is 0.0589. The van der Waals surface area contributed by atoms with Gasteiger partial charge in [0.2, 0.25) is 0 Å². The van der Waals surface area contributed by atoms with Crippen LogP contribution in [0.1, 0.15) is 38.9 Å². The highest BCUT2D eigenvalue weighted by atomic mass is 16.5. The average Bonchev–Trinajstić information content (AvgIpc) is 2.89. The molecule has 6 heteroatoms. The second-order valence-electron chi connectivity index (χ2n) is 7.04. The van der Waals surface area contributed by atoms with Gasteiger partial charge in [-0.1, -0.05) is 20.8 Å². The summed E-state index contributed by atoms with van der Waals surface area (Å²) in [7, 11) is 3.77. The molecule has 0 aromatic carbocycles. The van der Waals surface area contributed by atoms with Crippen molar-refractivity contribution in [1.29, 1.82) is 0 Å². The molecule has 2 rings (SSSR count). The molecular formula is C16H29N5O. The number of aromatic nitrogens is 2. The van der Waals surface area contributed by atoms with Gasteiger partial charge in [0.1, 0.15) is 6.10 Å². The molecular weight excluding hydrogens is 278 g/mol. The lowest BCUT2D eigenvalue weighted by Crippen LogP contribution is -2.48. The summed E-state index contributed by atoms with van der Waals surface area (Å²) in [6.07, 6.45) is 5.07. The lowest BCUT2D eigenvalue weighted by atomic mass is 9.92. The Bertz CT molecular complexity index is 503. The molecule has 2 heterocycles. The van der Waals surface area contributed by atoms with Crippen LogP contribution in [0.3, 0.4) is 0 Å². The van der Waals surface area contributed by atoms with Crippen LogP contribution in [-0.4, -0.2) is 53.9 Å². The van der Waals surface area contributed by atoms with Crippen LogP contribution in [-0.2, 0) is 11.8 Å². The molecule has 124 valence electrons. The summed E-state index contributed by atoms with van der Waals surface area (Å²) < 4.78 is 7.70. The lowest BCUT2D eigenvalue weighted by molar-refractivity contribution is -0.00805. The second kappa shape index (κ2) is 7.13. The predicted octanol–water partition coefficient (Wildman–Crippen LogP) is 1.80. The molecule has 0 spiro atoms. The standard InChI is InChI=1S/C16H29N5O/c1-16(2,3)6-7-18-15(17-4)21-8-9-22-14(12-21)13-10-19-20(5)11-13/h10-11,14H,6-9,12H2,1-5H3,(H,17,18). The van der Waals surface area contributed by atoms with E-state index in [1.807, 2.05) is 31.2 Å². The highest BCUT2D eigenvalue weighted by molar-refractivity contribution is 5.80. The average molecular weight is 307 g/mol. The van der Waals surface area contributed by atoms with E-state index in [0.29, 0.717) is 12.0 Å². The quantitative estimate of drug-likeness (QED) is 0.683. The molecule has 1 aliphatic rings. The van der Waals surface area contributed by atoms with E-state index in [2.05, 4.69) is 41.1 Å². The molecule has 1 aliphatic heterocycles. The van der Waals surface area contributed by atoms with E-state index >= 15 is 0 Å². The van der Waals surface area contributed by atoms with Gasteiger partial charge in [0.25, 0.3) is 0 Å². The van der Waals surface area contributed by atoms with E-state index in [1.54, 1.807) is 0 Å². The van der Waals surface area contributed by atoms with Gasteiger partial charge < -0.3 is 15.0 Å². The number of guanidine groups is 1. The minimum Gasteiger partial charge on any atom is -0.370 e. The van der Waals surface area contributed by atoms with E-state index in [1.165, 1.54) is 0 Å². The summed E-state index contributed by atoms with van der Waals surface area (Å²) in [5, 5.41) is 7.70. The molecule has 0 amide bonds. The summed E-state index contributed by atoms with van der Waals surface area (Å²) in [4.78, 5) is 6.69. The van der Waals surface area contributed by atoms with Crippen molar-refractivity contribution < 1.29 is 4.74 Å². The number of nitrogens with zero attached hydrogens (tertiary/aromatic N) is 4. The van der Waals surface area contributed by atoms with Crippen LogP contribution in [0.15, 0.2) is 17.4 Å². The molecule has 0 saturated carbocycles. The largest absolute Gasteiger partial charge is 0.370 e. The van der Waals surface area contributed by atoms with E-state index in [0.717, 1.165) is 37.6 Å². The first-order valence-electron chi connectivity index (χ1n) is 7.95. The van der Waals surface area contributed by atoms with E-state index in [4.69, 9.17) is 4.74 Å². The lowest BCUT2D eigenvalue weighted by Gasteiger charge is -2.35. The van der Waals surface area contributed by atoms with Crippen LogP contribution in [0.25, 0.3) is 0 Å². The molecule has 1 N–H and O–H groups in total. The van der Waals surface area contributed by atoms with E-state index < -0.39 is 0 Å². The van der Waals surface area contributed by atoms with Crippen molar-refractivity contribution in [3.63, 3.8) is 0 Å². The molecule has 1 unspecified atom stereocenters. The Labute approximate surface area is 133 Å². The van der Waals surface area contributed by atoms with Gasteiger partial charge >= 0.3 is 0 Å². The highest BCUT2D eigenvalue weighted by Gasteiger charge is 2.25. The van der Waals surface area contributed by atoms with Crippen LogP contribution in [0.2, 0.25) is 0 Å². The molecule has 0 bridgehead atoms. The molecule has 1 aromatic heterocycles. The smallest absolute Gasteiger partial charge is 0.193 e. The number of rotatable bonds is 3. The number of hydrogen-bond acceptors (Lipinski definition) is 3. The number of nitrogens with one attached hydrogen (secondary N) is 1. The molecule has 1 saturated heterocycles. The van der Waals surface area contributed by atoms with Gasteiger partial charge in [0.05, 0.1) is 19.3 Å². The molecule has 22 heavy (non-hydrogen) atoms. The van der Waals surface area contributed by atoms with Crippen molar-refractivity contribution in [2.45, 2.75) is 33.3 Å². The van der Waals surface area contributed by atoms with Gasteiger partial charge in [-0.3, -0.25) is 9.67 Å². The Morgan fingerprint density at radius 1 is 1.50 bits per heavy atom. The maximum absolute atomic E-state index is 5.88. The number of hydrogen-bond donors (Lipinski definition) is 1. The Morgan fingerprint density at radius 3 is 2.86 bits per heavy atom. The molecule has 6 nitrogen and oxygen atoms in total. The van der Waals surface area contributed by atoms with Crippen LogP contribution >= 0.6 is 0 Å². The fraction of sp³-hybridized carbons (Fsp3) is 0.750. The fourth-order valence-corrected chi connectivity index (χ4v) is 2.53. The van der Waals surface area contributed by atoms with E-state index in [9.17, 15) is 0 Å². The summed E-state index contributed by atoms with van der Waals surface area (Å²) in [6, 6.07) is 0. The minimum atomic E-state index is 0.0589. The van der Waals surface area contributed by atoms with E-state index in [-0.39, 0.29) is 6.10 Å². The number of ether oxygens (including phenoxy) is 1. The van der Waals surface area contributed by atoms with Crippen LogP contribution in [0.4, 0.5) is 0 Å². The summed E-state index contributed by atoms with van der Waals surface area (Å²) >= 11 is 0. The summed E-state index contributed by atoms with van der Waals surface area (Å²) in [5.41, 5.74) is 1.45. The summed E-state index contributed by atoms with van der Waals surface area (Å²) in [5.74, 6) is 0.960. The number of aryl methyl sites for hydroxylation is 1. The zero-order valence-electron chi connectivity index (χ0n) is 14.5. The zero-order chi connectivity index (χ0) is 16.2. The first kappa shape index (κ1) is 16.8. The van der Waals surface area contributed by atoms with Crippen LogP contribution in [0.5, 0.6) is 0 Å². The monoisotopic (exact) mass is 307 g/mol. The van der Waals surface area contributed by atoms with Gasteiger partial charge in [0, 0.05) is 38.9 Å². The van der Waals surface area contributed by atoms with Crippen molar-refractivity contribution in [3.05, 3.63) is 18.0 Å². The third kappa shape index (κ3) is 4.73. The Hall–Kier alpha value is -1.56. The number of aliphatic imine (C=N–C) groups is 1. The van der Waals surface area contributed by atoms with Gasteiger partial charge in [-0.25, -0.2) is 0 Å². The maximum Gasteiger partial charge on any atom is 0.193 e. The normalized spacial score (nSPS) is 20.3. The summed E-state index contributed by atoms with van der Waals surface area (Å²) in [6.45, 7) is 10.1. The molecule has 1 aromatic rings. The third-order valence-electron chi connectivity index (χ3n) is 3.83. The molecule has 0 radical (unpaired) electrons. The van der Waals surface area contributed by atoms with Crippen LogP contribution in [0, 0.1) is 5.41 Å². The fourth-order valence-electron chi connectivity index (χ4n) is 2.53. The van der Waals surface area contributed by atoms with Crippen molar-refractivity contribution in [2.24, 2.45) is 17.5 Å². The van der Waals surface area contributed by atoms with Crippen molar-refractivity contribution in [2.75, 3.05) is 33.3 Å². The van der Waals surface area contributed by atoms with Crippen LogP contribution < -0.4 is 5.32 Å². The van der Waals surface area contributed by atoms with Gasteiger partial charge in [-0.05, 0) is 11.8 Å². The predicted molar refractivity (Wildman–Crippen MR) is 88.9 cm³/mol. The van der Waals surface area contributed by atoms with Crippen molar-refractivity contribution in [3.8, 4) is 0 Å². The van der Waals surface area contributed by atoms with Gasteiger partial charge in [-0.2, -0.15) is 5.10 Å². The van der Waals surface area contributed by atoms with Crippen molar-refractivity contribution in [1.82, 2.24) is 20.0 Å².